The number of rotatable bonds is 8. The zero-order chi connectivity index (χ0) is 26.5. The van der Waals surface area contributed by atoms with Gasteiger partial charge in [-0.3, -0.25) is 0 Å². The number of nitrogens with one attached hydrogen (secondary N) is 1. The lowest BCUT2D eigenvalue weighted by atomic mass is 9.79. The fourth-order valence-corrected chi connectivity index (χ4v) is 4.45. The van der Waals surface area contributed by atoms with Gasteiger partial charge in [0.2, 0.25) is 0 Å². The number of halogens is 4. The monoisotopic (exact) mass is 509 g/mol. The van der Waals surface area contributed by atoms with Crippen LogP contribution in [0.15, 0.2) is 72.8 Å². The van der Waals surface area contributed by atoms with Crippen LogP contribution < -0.4 is 5.32 Å². The second-order valence-electron chi connectivity index (χ2n) is 9.52. The molecule has 0 bridgehead atoms. The van der Waals surface area contributed by atoms with Crippen molar-refractivity contribution in [3.63, 3.8) is 0 Å². The number of benzene rings is 3. The average molecular weight is 510 g/mol. The minimum Gasteiger partial charge on any atom is -0.305 e. The number of nitriles is 2. The first-order valence-electron chi connectivity index (χ1n) is 11.5. The standard InChI is InChI=1S/C29H27ClF3N3/c1-19(36-27(28(2,3)18-35)22-9-11-24(12-10-22)29(31,32)33)26(16-20-7-13-25(30)14-8-20)23-6-4-5-21(15-23)17-34/h4-15,19,26-27,36H,16H2,1-3H3/t19?,26?,27-/m0/s1. The van der Waals surface area contributed by atoms with E-state index in [1.54, 1.807) is 19.9 Å². The van der Waals surface area contributed by atoms with E-state index >= 15 is 0 Å². The molecule has 7 heteroatoms. The molecule has 0 aliphatic carbocycles. The van der Waals surface area contributed by atoms with Crippen LogP contribution in [0.4, 0.5) is 13.2 Å². The molecule has 0 fully saturated rings. The molecule has 3 nitrogen and oxygen atoms in total. The molecule has 1 N–H and O–H groups in total. The van der Waals surface area contributed by atoms with Gasteiger partial charge in [0.05, 0.1) is 34.7 Å². The van der Waals surface area contributed by atoms with Crippen LogP contribution in [0.1, 0.15) is 60.5 Å². The average Bonchev–Trinajstić information content (AvgIpc) is 2.86. The van der Waals surface area contributed by atoms with Crippen molar-refractivity contribution in [3.8, 4) is 12.1 Å². The fraction of sp³-hybridized carbons (Fsp3) is 0.310. The second kappa shape index (κ2) is 11.2. The van der Waals surface area contributed by atoms with Gasteiger partial charge in [-0.25, -0.2) is 0 Å². The third kappa shape index (κ3) is 6.66. The molecule has 0 aliphatic rings. The van der Waals surface area contributed by atoms with Gasteiger partial charge in [-0.2, -0.15) is 23.7 Å². The number of hydrogen-bond acceptors (Lipinski definition) is 3. The molecule has 0 amide bonds. The van der Waals surface area contributed by atoms with Crippen molar-refractivity contribution in [1.82, 2.24) is 5.32 Å². The molecule has 0 spiro atoms. The van der Waals surface area contributed by atoms with E-state index in [1.807, 2.05) is 49.4 Å². The molecule has 3 rings (SSSR count). The van der Waals surface area contributed by atoms with Crippen LogP contribution >= 0.6 is 11.6 Å². The second-order valence-corrected chi connectivity index (χ2v) is 9.95. The summed E-state index contributed by atoms with van der Waals surface area (Å²) in [6, 6.07) is 23.6. The summed E-state index contributed by atoms with van der Waals surface area (Å²) in [4.78, 5) is 0. The van der Waals surface area contributed by atoms with E-state index in [0.717, 1.165) is 23.3 Å². The highest BCUT2D eigenvalue weighted by atomic mass is 35.5. The van der Waals surface area contributed by atoms with E-state index in [2.05, 4.69) is 17.5 Å². The minimum atomic E-state index is -4.44. The summed E-state index contributed by atoms with van der Waals surface area (Å²) in [5, 5.41) is 23.5. The van der Waals surface area contributed by atoms with Gasteiger partial charge >= 0.3 is 6.18 Å². The molecular weight excluding hydrogens is 483 g/mol. The van der Waals surface area contributed by atoms with Crippen molar-refractivity contribution in [2.24, 2.45) is 5.41 Å². The summed E-state index contributed by atoms with van der Waals surface area (Å²) in [6.07, 6.45) is -3.80. The molecule has 186 valence electrons. The first kappa shape index (κ1) is 27.3. The predicted molar refractivity (Wildman–Crippen MR) is 135 cm³/mol. The van der Waals surface area contributed by atoms with E-state index in [4.69, 9.17) is 11.6 Å². The highest BCUT2D eigenvalue weighted by Gasteiger charge is 2.35. The van der Waals surface area contributed by atoms with Crippen molar-refractivity contribution in [2.75, 3.05) is 0 Å². The largest absolute Gasteiger partial charge is 0.416 e. The van der Waals surface area contributed by atoms with E-state index in [1.165, 1.54) is 12.1 Å². The van der Waals surface area contributed by atoms with Crippen LogP contribution in [0.3, 0.4) is 0 Å². The molecule has 0 radical (unpaired) electrons. The van der Waals surface area contributed by atoms with Crippen molar-refractivity contribution >= 4 is 11.6 Å². The summed E-state index contributed by atoms with van der Waals surface area (Å²) in [5.41, 5.74) is 1.49. The molecule has 3 aromatic rings. The first-order chi connectivity index (χ1) is 16.9. The molecule has 2 unspecified atom stereocenters. The van der Waals surface area contributed by atoms with Crippen LogP contribution in [-0.4, -0.2) is 6.04 Å². The summed E-state index contributed by atoms with van der Waals surface area (Å²) in [5.74, 6) is -0.0917. The van der Waals surface area contributed by atoms with Gasteiger partial charge in [0.25, 0.3) is 0 Å². The molecule has 0 aliphatic heterocycles. The van der Waals surface area contributed by atoms with E-state index in [-0.39, 0.29) is 12.0 Å². The van der Waals surface area contributed by atoms with Crippen molar-refractivity contribution in [2.45, 2.75) is 51.4 Å². The van der Waals surface area contributed by atoms with Gasteiger partial charge in [-0.15, -0.1) is 0 Å². The van der Waals surface area contributed by atoms with Gasteiger partial charge in [0.1, 0.15) is 0 Å². The Morgan fingerprint density at radius 1 is 0.917 bits per heavy atom. The normalized spacial score (nSPS) is 14.4. The number of hydrogen-bond donors (Lipinski definition) is 1. The molecule has 3 aromatic carbocycles. The third-order valence-corrected chi connectivity index (χ3v) is 6.68. The molecule has 0 aromatic heterocycles. The Hall–Kier alpha value is -3.32. The first-order valence-corrected chi connectivity index (χ1v) is 11.9. The predicted octanol–water partition coefficient (Wildman–Crippen LogP) is 7.83. The Morgan fingerprint density at radius 2 is 1.56 bits per heavy atom. The fourth-order valence-electron chi connectivity index (χ4n) is 4.33. The maximum absolute atomic E-state index is 13.1. The van der Waals surface area contributed by atoms with E-state index in [9.17, 15) is 23.7 Å². The lowest BCUT2D eigenvalue weighted by Crippen LogP contribution is -2.42. The van der Waals surface area contributed by atoms with Crippen molar-refractivity contribution < 1.29 is 13.2 Å². The van der Waals surface area contributed by atoms with Gasteiger partial charge in [0.15, 0.2) is 0 Å². The maximum atomic E-state index is 13.1. The lowest BCUT2D eigenvalue weighted by molar-refractivity contribution is -0.137. The van der Waals surface area contributed by atoms with Crippen LogP contribution in [0, 0.1) is 28.1 Å². The maximum Gasteiger partial charge on any atom is 0.416 e. The lowest BCUT2D eigenvalue weighted by Gasteiger charge is -2.36. The van der Waals surface area contributed by atoms with Gasteiger partial charge in [0, 0.05) is 17.0 Å². The Kier molecular flexibility index (Phi) is 8.46. The summed E-state index contributed by atoms with van der Waals surface area (Å²) >= 11 is 6.06. The van der Waals surface area contributed by atoms with E-state index < -0.39 is 23.2 Å². The van der Waals surface area contributed by atoms with Crippen molar-refractivity contribution in [1.29, 1.82) is 10.5 Å². The molecular formula is C29H27ClF3N3. The van der Waals surface area contributed by atoms with Crippen LogP contribution in [-0.2, 0) is 12.6 Å². The minimum absolute atomic E-state index is 0.0917. The SMILES string of the molecule is CC(N[C@@H](c1ccc(C(F)(F)F)cc1)C(C)(C)C#N)C(Cc1ccc(Cl)cc1)c1cccc(C#N)c1. The number of nitrogens with zero attached hydrogens (tertiary/aromatic N) is 2. The van der Waals surface area contributed by atoms with Gasteiger partial charge < -0.3 is 5.32 Å². The highest BCUT2D eigenvalue weighted by Crippen LogP contribution is 2.37. The van der Waals surface area contributed by atoms with Crippen LogP contribution in [0.2, 0.25) is 5.02 Å². The molecule has 0 heterocycles. The molecule has 0 saturated carbocycles. The quantitative estimate of drug-likeness (QED) is 0.336. The van der Waals surface area contributed by atoms with Crippen molar-refractivity contribution in [3.05, 3.63) is 106 Å². The zero-order valence-electron chi connectivity index (χ0n) is 20.3. The van der Waals surface area contributed by atoms with E-state index in [0.29, 0.717) is 22.6 Å². The third-order valence-electron chi connectivity index (χ3n) is 6.43. The van der Waals surface area contributed by atoms with Gasteiger partial charge in [-0.1, -0.05) is 48.0 Å². The molecule has 0 saturated heterocycles. The number of alkyl halides is 3. The summed E-state index contributed by atoms with van der Waals surface area (Å²) in [6.45, 7) is 5.52. The van der Waals surface area contributed by atoms with Crippen LogP contribution in [0.5, 0.6) is 0 Å². The smallest absolute Gasteiger partial charge is 0.305 e. The summed E-state index contributed by atoms with van der Waals surface area (Å²) < 4.78 is 39.4. The Morgan fingerprint density at radius 3 is 2.11 bits per heavy atom. The zero-order valence-corrected chi connectivity index (χ0v) is 21.0. The topological polar surface area (TPSA) is 59.6 Å². The molecule has 36 heavy (non-hydrogen) atoms. The Bertz CT molecular complexity index is 1250. The Labute approximate surface area is 215 Å². The highest BCUT2D eigenvalue weighted by molar-refractivity contribution is 6.30. The summed E-state index contributed by atoms with van der Waals surface area (Å²) in [7, 11) is 0. The Balaban J connectivity index is 1.99. The van der Waals surface area contributed by atoms with Crippen LogP contribution in [0.25, 0.3) is 0 Å². The molecule has 3 atom stereocenters. The van der Waals surface area contributed by atoms with Gasteiger partial charge in [-0.05, 0) is 80.3 Å².